The fraction of sp³-hybridized carbons (Fsp3) is 0.571. The zero-order valence-electron chi connectivity index (χ0n) is 11.6. The largest absolute Gasteiger partial charge is 0.481 e. The maximum Gasteiger partial charge on any atom is 0.307 e. The number of rotatable bonds is 5. The molecule has 1 aliphatic heterocycles. The monoisotopic (exact) mass is 296 g/mol. The SMILES string of the molecule is CN(Cc1ccsc1)C(=O)CN1CCCC(C(=O)O)C1. The van der Waals surface area contributed by atoms with Gasteiger partial charge in [-0.15, -0.1) is 0 Å². The van der Waals surface area contributed by atoms with Gasteiger partial charge < -0.3 is 10.0 Å². The van der Waals surface area contributed by atoms with E-state index >= 15 is 0 Å². The van der Waals surface area contributed by atoms with E-state index in [1.165, 1.54) is 0 Å². The van der Waals surface area contributed by atoms with E-state index in [1.807, 2.05) is 21.7 Å². The van der Waals surface area contributed by atoms with Crippen LogP contribution in [0.15, 0.2) is 16.8 Å². The Bertz CT molecular complexity index is 461. The number of carboxylic acids is 1. The standard InChI is InChI=1S/C14H20N2O3S/c1-15(7-11-4-6-20-10-11)13(17)9-16-5-2-3-12(8-16)14(18)19/h4,6,10,12H,2-3,5,7-9H2,1H3,(H,18,19). The number of piperidine rings is 1. The van der Waals surface area contributed by atoms with Crippen molar-refractivity contribution in [3.8, 4) is 0 Å². The van der Waals surface area contributed by atoms with Gasteiger partial charge in [-0.1, -0.05) is 0 Å². The maximum absolute atomic E-state index is 12.2. The quantitative estimate of drug-likeness (QED) is 0.894. The Morgan fingerprint density at radius 3 is 3.00 bits per heavy atom. The van der Waals surface area contributed by atoms with E-state index in [2.05, 4.69) is 0 Å². The van der Waals surface area contributed by atoms with Gasteiger partial charge in [-0.05, 0) is 41.8 Å². The number of carboxylic acid groups (broad SMARTS) is 1. The molecule has 1 amide bonds. The average Bonchev–Trinajstić information content (AvgIpc) is 2.91. The van der Waals surface area contributed by atoms with Crippen LogP contribution < -0.4 is 0 Å². The molecule has 0 saturated carbocycles. The third-order valence-corrected chi connectivity index (χ3v) is 4.37. The van der Waals surface area contributed by atoms with Crippen LogP contribution in [-0.4, -0.2) is 53.5 Å². The van der Waals surface area contributed by atoms with Crippen molar-refractivity contribution in [2.24, 2.45) is 5.92 Å². The fourth-order valence-corrected chi connectivity index (χ4v) is 3.12. The second-order valence-electron chi connectivity index (χ2n) is 5.29. The van der Waals surface area contributed by atoms with Gasteiger partial charge in [0.25, 0.3) is 0 Å². The van der Waals surface area contributed by atoms with Crippen LogP contribution in [0, 0.1) is 5.92 Å². The van der Waals surface area contributed by atoms with Gasteiger partial charge in [-0.2, -0.15) is 11.3 Å². The van der Waals surface area contributed by atoms with Gasteiger partial charge in [0, 0.05) is 20.1 Å². The second kappa shape index (κ2) is 6.85. The van der Waals surface area contributed by atoms with E-state index in [0.29, 0.717) is 26.1 Å². The highest BCUT2D eigenvalue weighted by molar-refractivity contribution is 7.07. The lowest BCUT2D eigenvalue weighted by atomic mass is 9.98. The van der Waals surface area contributed by atoms with E-state index in [0.717, 1.165) is 18.5 Å². The molecule has 1 unspecified atom stereocenters. The van der Waals surface area contributed by atoms with Crippen molar-refractivity contribution in [1.82, 2.24) is 9.80 Å². The van der Waals surface area contributed by atoms with Gasteiger partial charge in [-0.25, -0.2) is 0 Å². The molecule has 1 fully saturated rings. The van der Waals surface area contributed by atoms with Crippen molar-refractivity contribution < 1.29 is 14.7 Å². The van der Waals surface area contributed by atoms with E-state index < -0.39 is 5.97 Å². The molecule has 110 valence electrons. The van der Waals surface area contributed by atoms with Gasteiger partial charge in [0.2, 0.25) is 5.91 Å². The first-order chi connectivity index (χ1) is 9.56. The van der Waals surface area contributed by atoms with Crippen molar-refractivity contribution in [3.05, 3.63) is 22.4 Å². The predicted octanol–water partition coefficient (Wildman–Crippen LogP) is 1.50. The van der Waals surface area contributed by atoms with E-state index in [9.17, 15) is 9.59 Å². The van der Waals surface area contributed by atoms with Crippen LogP contribution >= 0.6 is 11.3 Å². The minimum atomic E-state index is -0.756. The van der Waals surface area contributed by atoms with Gasteiger partial charge in [0.05, 0.1) is 12.5 Å². The number of likely N-dealkylation sites (tertiary alicyclic amines) is 1. The van der Waals surface area contributed by atoms with Crippen molar-refractivity contribution in [1.29, 1.82) is 0 Å². The summed E-state index contributed by atoms with van der Waals surface area (Å²) < 4.78 is 0. The molecule has 0 aromatic carbocycles. The number of carbonyl (C=O) groups excluding carboxylic acids is 1. The molecule has 0 radical (unpaired) electrons. The molecule has 1 saturated heterocycles. The second-order valence-corrected chi connectivity index (χ2v) is 6.07. The Labute approximate surface area is 122 Å². The lowest BCUT2D eigenvalue weighted by molar-refractivity contribution is -0.144. The van der Waals surface area contributed by atoms with Crippen molar-refractivity contribution >= 4 is 23.2 Å². The summed E-state index contributed by atoms with van der Waals surface area (Å²) in [7, 11) is 1.79. The summed E-state index contributed by atoms with van der Waals surface area (Å²) in [5.74, 6) is -1.05. The molecule has 1 aromatic heterocycles. The molecule has 5 nitrogen and oxygen atoms in total. The molecule has 6 heteroatoms. The van der Waals surface area contributed by atoms with Crippen LogP contribution in [0.25, 0.3) is 0 Å². The van der Waals surface area contributed by atoms with Gasteiger partial charge in [0.1, 0.15) is 0 Å². The summed E-state index contributed by atoms with van der Waals surface area (Å²) in [5, 5.41) is 13.1. The van der Waals surface area contributed by atoms with Gasteiger partial charge >= 0.3 is 5.97 Å². The number of hydrogen-bond acceptors (Lipinski definition) is 4. The minimum Gasteiger partial charge on any atom is -0.481 e. The zero-order chi connectivity index (χ0) is 14.5. The molecule has 2 heterocycles. The minimum absolute atomic E-state index is 0.0437. The Balaban J connectivity index is 1.82. The average molecular weight is 296 g/mol. The van der Waals surface area contributed by atoms with Crippen molar-refractivity contribution in [2.75, 3.05) is 26.7 Å². The molecular formula is C14H20N2O3S. The normalized spacial score (nSPS) is 19.8. The fourth-order valence-electron chi connectivity index (χ4n) is 2.46. The number of aliphatic carboxylic acids is 1. The predicted molar refractivity (Wildman–Crippen MR) is 77.6 cm³/mol. The van der Waals surface area contributed by atoms with Crippen LogP contribution in [0.1, 0.15) is 18.4 Å². The topological polar surface area (TPSA) is 60.9 Å². The first-order valence-corrected chi connectivity index (χ1v) is 7.70. The molecule has 2 rings (SSSR count). The van der Waals surface area contributed by atoms with Crippen LogP contribution in [-0.2, 0) is 16.1 Å². The molecule has 1 N–H and O–H groups in total. The number of carbonyl (C=O) groups is 2. The maximum atomic E-state index is 12.2. The highest BCUT2D eigenvalue weighted by atomic mass is 32.1. The Hall–Kier alpha value is -1.40. The third-order valence-electron chi connectivity index (χ3n) is 3.64. The zero-order valence-corrected chi connectivity index (χ0v) is 12.4. The number of likely N-dealkylation sites (N-methyl/N-ethyl adjacent to an activating group) is 1. The lowest BCUT2D eigenvalue weighted by Crippen LogP contribution is -2.44. The summed E-state index contributed by atoms with van der Waals surface area (Å²) in [5.41, 5.74) is 1.13. The van der Waals surface area contributed by atoms with E-state index in [-0.39, 0.29) is 11.8 Å². The Morgan fingerprint density at radius 1 is 1.55 bits per heavy atom. The first-order valence-electron chi connectivity index (χ1n) is 6.76. The molecule has 1 atom stereocenters. The van der Waals surface area contributed by atoms with Crippen LogP contribution in [0.3, 0.4) is 0 Å². The highest BCUT2D eigenvalue weighted by Crippen LogP contribution is 2.16. The number of amides is 1. The summed E-state index contributed by atoms with van der Waals surface area (Å²) in [6, 6.07) is 2.01. The van der Waals surface area contributed by atoms with Crippen LogP contribution in [0.4, 0.5) is 0 Å². The summed E-state index contributed by atoms with van der Waals surface area (Å²) >= 11 is 1.62. The van der Waals surface area contributed by atoms with Gasteiger partial charge in [0.15, 0.2) is 0 Å². The molecule has 1 aromatic rings. The molecule has 1 aliphatic rings. The molecule has 0 bridgehead atoms. The van der Waals surface area contributed by atoms with Crippen LogP contribution in [0.5, 0.6) is 0 Å². The third kappa shape index (κ3) is 4.05. The number of nitrogens with zero attached hydrogens (tertiary/aromatic N) is 2. The summed E-state index contributed by atoms with van der Waals surface area (Å²) in [6.07, 6.45) is 1.56. The first kappa shape index (κ1) is 15.0. The van der Waals surface area contributed by atoms with E-state index in [1.54, 1.807) is 23.3 Å². The lowest BCUT2D eigenvalue weighted by Gasteiger charge is -2.31. The number of hydrogen-bond donors (Lipinski definition) is 1. The van der Waals surface area contributed by atoms with Gasteiger partial charge in [-0.3, -0.25) is 14.5 Å². The summed E-state index contributed by atoms with van der Waals surface area (Å²) in [4.78, 5) is 26.8. The Morgan fingerprint density at radius 2 is 2.35 bits per heavy atom. The molecule has 0 aliphatic carbocycles. The highest BCUT2D eigenvalue weighted by Gasteiger charge is 2.26. The van der Waals surface area contributed by atoms with E-state index in [4.69, 9.17) is 5.11 Å². The smallest absolute Gasteiger partial charge is 0.307 e. The molecule has 0 spiro atoms. The molecule has 20 heavy (non-hydrogen) atoms. The van der Waals surface area contributed by atoms with Crippen molar-refractivity contribution in [3.63, 3.8) is 0 Å². The number of thiophene rings is 1. The molecular weight excluding hydrogens is 276 g/mol. The van der Waals surface area contributed by atoms with Crippen molar-refractivity contribution in [2.45, 2.75) is 19.4 Å². The Kier molecular flexibility index (Phi) is 5.14. The summed E-state index contributed by atoms with van der Waals surface area (Å²) in [6.45, 7) is 2.21. The van der Waals surface area contributed by atoms with Crippen LogP contribution in [0.2, 0.25) is 0 Å².